The van der Waals surface area contributed by atoms with Crippen LogP contribution in [0.5, 0.6) is 5.75 Å². The van der Waals surface area contributed by atoms with Gasteiger partial charge in [0.25, 0.3) is 0 Å². The molecule has 0 saturated heterocycles. The number of hydrogen-bond acceptors (Lipinski definition) is 3. The Hall–Kier alpha value is -1.11. The van der Waals surface area contributed by atoms with Crippen molar-refractivity contribution in [2.45, 2.75) is 6.92 Å². The van der Waals surface area contributed by atoms with Gasteiger partial charge in [0.1, 0.15) is 5.75 Å². The molecule has 5 heteroatoms. The van der Waals surface area contributed by atoms with Gasteiger partial charge in [-0.05, 0) is 46.4 Å². The molecule has 0 atom stereocenters. The molecule has 4 nitrogen and oxygen atoms in total. The van der Waals surface area contributed by atoms with Crippen LogP contribution in [0.1, 0.15) is 12.5 Å². The van der Waals surface area contributed by atoms with E-state index in [2.05, 4.69) is 10.5 Å². The summed E-state index contributed by atoms with van der Waals surface area (Å²) in [6.07, 6.45) is 1.52. The van der Waals surface area contributed by atoms with Gasteiger partial charge in [0.2, 0.25) is 5.91 Å². The molecule has 0 aliphatic rings. The number of phenolic OH excluding ortho intramolecular Hbond substituents is 1. The van der Waals surface area contributed by atoms with Crippen LogP contribution in [0, 0.1) is 3.57 Å². The smallest absolute Gasteiger partial charge is 0.236 e. The SMILES string of the molecule is CC(=O)N/N=C\c1ccc(O)c(I)c1. The molecular weight excluding hydrogens is 295 g/mol. The van der Waals surface area contributed by atoms with Crippen LogP contribution in [0.2, 0.25) is 0 Å². The Balaban J connectivity index is 2.73. The molecule has 1 aromatic carbocycles. The molecule has 0 aromatic heterocycles. The van der Waals surface area contributed by atoms with E-state index in [-0.39, 0.29) is 11.7 Å². The molecule has 0 heterocycles. The Bertz CT molecular complexity index is 377. The van der Waals surface area contributed by atoms with E-state index in [4.69, 9.17) is 0 Å². The average molecular weight is 304 g/mol. The number of rotatable bonds is 2. The van der Waals surface area contributed by atoms with Crippen LogP contribution in [-0.2, 0) is 4.79 Å². The standard InChI is InChI=1S/C9H9IN2O2/c1-6(13)12-11-5-7-2-3-9(14)8(10)4-7/h2-5,14H,1H3,(H,12,13)/b11-5-. The second kappa shape index (κ2) is 4.94. The largest absolute Gasteiger partial charge is 0.507 e. The number of halogens is 1. The summed E-state index contributed by atoms with van der Waals surface area (Å²) in [5.74, 6) is 0.0250. The van der Waals surface area contributed by atoms with Gasteiger partial charge >= 0.3 is 0 Å². The van der Waals surface area contributed by atoms with Crippen molar-refractivity contribution in [1.29, 1.82) is 0 Å². The van der Waals surface area contributed by atoms with Crippen LogP contribution in [0.15, 0.2) is 23.3 Å². The molecule has 1 aromatic rings. The Morgan fingerprint density at radius 1 is 1.64 bits per heavy atom. The maximum Gasteiger partial charge on any atom is 0.236 e. The number of phenols is 1. The number of nitrogens with zero attached hydrogens (tertiary/aromatic N) is 1. The van der Waals surface area contributed by atoms with Gasteiger partial charge in [-0.3, -0.25) is 4.79 Å². The summed E-state index contributed by atoms with van der Waals surface area (Å²) < 4.78 is 0.745. The zero-order valence-corrected chi connectivity index (χ0v) is 9.65. The van der Waals surface area contributed by atoms with E-state index in [1.807, 2.05) is 22.6 Å². The summed E-state index contributed by atoms with van der Waals surface area (Å²) in [7, 11) is 0. The third-order valence-electron chi connectivity index (χ3n) is 1.41. The van der Waals surface area contributed by atoms with E-state index >= 15 is 0 Å². The van der Waals surface area contributed by atoms with Crippen molar-refractivity contribution in [3.63, 3.8) is 0 Å². The highest BCUT2D eigenvalue weighted by Gasteiger charge is 1.96. The Labute approximate surface area is 95.2 Å². The summed E-state index contributed by atoms with van der Waals surface area (Å²) in [5.41, 5.74) is 3.11. The van der Waals surface area contributed by atoms with Crippen LogP contribution in [0.4, 0.5) is 0 Å². The number of hydrazone groups is 1. The first-order chi connectivity index (χ1) is 6.59. The fraction of sp³-hybridized carbons (Fsp3) is 0.111. The molecule has 0 unspecified atom stereocenters. The van der Waals surface area contributed by atoms with E-state index in [1.165, 1.54) is 13.1 Å². The zero-order valence-electron chi connectivity index (χ0n) is 7.49. The van der Waals surface area contributed by atoms with E-state index in [0.29, 0.717) is 0 Å². The first-order valence-corrected chi connectivity index (χ1v) is 4.95. The van der Waals surface area contributed by atoms with Gasteiger partial charge in [-0.25, -0.2) is 5.43 Å². The second-order valence-electron chi connectivity index (χ2n) is 2.64. The predicted octanol–water partition coefficient (Wildman–Crippen LogP) is 1.47. The lowest BCUT2D eigenvalue weighted by Crippen LogP contribution is -2.12. The fourth-order valence-electron chi connectivity index (χ4n) is 0.801. The quantitative estimate of drug-likeness (QED) is 0.494. The normalized spacial score (nSPS) is 10.4. The lowest BCUT2D eigenvalue weighted by atomic mass is 10.2. The molecule has 14 heavy (non-hydrogen) atoms. The summed E-state index contributed by atoms with van der Waals surface area (Å²) in [6, 6.07) is 5.06. The van der Waals surface area contributed by atoms with Crippen molar-refractivity contribution in [2.24, 2.45) is 5.10 Å². The first-order valence-electron chi connectivity index (χ1n) is 3.88. The van der Waals surface area contributed by atoms with E-state index in [1.54, 1.807) is 18.2 Å². The Morgan fingerprint density at radius 3 is 2.93 bits per heavy atom. The number of benzene rings is 1. The molecule has 0 saturated carbocycles. The predicted molar refractivity (Wildman–Crippen MR) is 62.2 cm³/mol. The van der Waals surface area contributed by atoms with Crippen molar-refractivity contribution < 1.29 is 9.90 Å². The molecular formula is C9H9IN2O2. The van der Waals surface area contributed by atoms with Gasteiger partial charge in [0, 0.05) is 6.92 Å². The fourth-order valence-corrected chi connectivity index (χ4v) is 1.34. The average Bonchev–Trinajstić information content (AvgIpc) is 2.10. The van der Waals surface area contributed by atoms with Gasteiger partial charge in [0.05, 0.1) is 9.78 Å². The molecule has 0 aliphatic carbocycles. The van der Waals surface area contributed by atoms with Gasteiger partial charge in [-0.1, -0.05) is 0 Å². The topological polar surface area (TPSA) is 61.7 Å². The molecule has 2 N–H and O–H groups in total. The van der Waals surface area contributed by atoms with Crippen LogP contribution < -0.4 is 5.43 Å². The monoisotopic (exact) mass is 304 g/mol. The van der Waals surface area contributed by atoms with E-state index < -0.39 is 0 Å². The molecule has 1 rings (SSSR count). The molecule has 1 amide bonds. The van der Waals surface area contributed by atoms with Crippen LogP contribution >= 0.6 is 22.6 Å². The van der Waals surface area contributed by atoms with Crippen molar-refractivity contribution in [1.82, 2.24) is 5.43 Å². The van der Waals surface area contributed by atoms with Gasteiger partial charge in [0.15, 0.2) is 0 Å². The van der Waals surface area contributed by atoms with Crippen LogP contribution in [0.3, 0.4) is 0 Å². The zero-order chi connectivity index (χ0) is 10.6. The van der Waals surface area contributed by atoms with Crippen molar-refractivity contribution in [2.75, 3.05) is 0 Å². The maximum atomic E-state index is 10.5. The first kappa shape index (κ1) is 11.0. The highest BCUT2D eigenvalue weighted by atomic mass is 127. The summed E-state index contributed by atoms with van der Waals surface area (Å²) in [4.78, 5) is 10.5. The Morgan fingerprint density at radius 2 is 2.36 bits per heavy atom. The lowest BCUT2D eigenvalue weighted by Gasteiger charge is -1.97. The number of amides is 1. The van der Waals surface area contributed by atoms with Crippen molar-refractivity contribution >= 4 is 34.7 Å². The van der Waals surface area contributed by atoms with Crippen LogP contribution in [0.25, 0.3) is 0 Å². The van der Waals surface area contributed by atoms with Crippen molar-refractivity contribution in [3.05, 3.63) is 27.3 Å². The highest BCUT2D eigenvalue weighted by Crippen LogP contribution is 2.19. The third-order valence-corrected chi connectivity index (χ3v) is 2.27. The van der Waals surface area contributed by atoms with E-state index in [9.17, 15) is 9.90 Å². The second-order valence-corrected chi connectivity index (χ2v) is 3.80. The highest BCUT2D eigenvalue weighted by molar-refractivity contribution is 14.1. The molecule has 0 bridgehead atoms. The van der Waals surface area contributed by atoms with Gasteiger partial charge < -0.3 is 5.11 Å². The molecule has 0 fully saturated rings. The minimum Gasteiger partial charge on any atom is -0.507 e. The minimum absolute atomic E-state index is 0.213. The summed E-state index contributed by atoms with van der Waals surface area (Å²) >= 11 is 2.02. The van der Waals surface area contributed by atoms with E-state index in [0.717, 1.165) is 9.13 Å². The Kier molecular flexibility index (Phi) is 3.87. The molecule has 0 aliphatic heterocycles. The van der Waals surface area contributed by atoms with Gasteiger partial charge in [-0.15, -0.1) is 0 Å². The lowest BCUT2D eigenvalue weighted by molar-refractivity contribution is -0.118. The number of aromatic hydroxyl groups is 1. The number of hydrogen-bond donors (Lipinski definition) is 2. The number of nitrogens with one attached hydrogen (secondary N) is 1. The number of carbonyl (C=O) groups excluding carboxylic acids is 1. The summed E-state index contributed by atoms with van der Waals surface area (Å²) in [5, 5.41) is 12.9. The maximum absolute atomic E-state index is 10.5. The van der Waals surface area contributed by atoms with Crippen LogP contribution in [-0.4, -0.2) is 17.2 Å². The molecule has 0 spiro atoms. The molecule has 74 valence electrons. The molecule has 0 radical (unpaired) electrons. The van der Waals surface area contributed by atoms with Crippen molar-refractivity contribution in [3.8, 4) is 5.75 Å². The number of carbonyl (C=O) groups is 1. The summed E-state index contributed by atoms with van der Waals surface area (Å²) in [6.45, 7) is 1.39. The third kappa shape index (κ3) is 3.33. The van der Waals surface area contributed by atoms with Gasteiger partial charge in [-0.2, -0.15) is 5.10 Å². The minimum atomic E-state index is -0.213.